The predicted molar refractivity (Wildman–Crippen MR) is 102 cm³/mol. The van der Waals surface area contributed by atoms with Crippen LogP contribution < -0.4 is 5.32 Å². The highest BCUT2D eigenvalue weighted by atomic mass is 35.5. The second kappa shape index (κ2) is 8.18. The first kappa shape index (κ1) is 18.8. The minimum absolute atomic E-state index is 0.00229. The van der Waals surface area contributed by atoms with E-state index in [-0.39, 0.29) is 44.3 Å². The van der Waals surface area contributed by atoms with Crippen molar-refractivity contribution in [3.8, 4) is 17.2 Å². The summed E-state index contributed by atoms with van der Waals surface area (Å²) in [5.41, 5.74) is 0.694. The lowest BCUT2D eigenvalue weighted by atomic mass is 10.2. The summed E-state index contributed by atoms with van der Waals surface area (Å²) in [6, 6.07) is 9.54. The lowest BCUT2D eigenvalue weighted by Crippen LogP contribution is -2.14. The molecule has 3 rings (SSSR count). The zero-order chi connectivity index (χ0) is 18.7. The van der Waals surface area contributed by atoms with Crippen molar-refractivity contribution in [2.75, 3.05) is 11.1 Å². The highest BCUT2D eigenvalue weighted by molar-refractivity contribution is 7.99. The largest absolute Gasteiger partial charge is 0.507 e. The third-order valence-electron chi connectivity index (χ3n) is 3.14. The first-order valence-electron chi connectivity index (χ1n) is 7.13. The summed E-state index contributed by atoms with van der Waals surface area (Å²) in [5, 5.41) is 21.1. The second-order valence-electron chi connectivity index (χ2n) is 4.97. The Morgan fingerprint density at radius 1 is 1.15 bits per heavy atom. The van der Waals surface area contributed by atoms with E-state index in [0.717, 1.165) is 11.8 Å². The van der Waals surface area contributed by atoms with Gasteiger partial charge < -0.3 is 14.8 Å². The van der Waals surface area contributed by atoms with Gasteiger partial charge in [0.25, 0.3) is 11.1 Å². The summed E-state index contributed by atoms with van der Waals surface area (Å²) < 4.78 is 5.45. The Morgan fingerprint density at radius 3 is 2.54 bits per heavy atom. The van der Waals surface area contributed by atoms with Gasteiger partial charge in [-0.25, -0.2) is 0 Å². The fourth-order valence-electron chi connectivity index (χ4n) is 2.00. The number of carbonyl (C=O) groups excluding carboxylic acids is 1. The highest BCUT2D eigenvalue weighted by Gasteiger charge is 2.15. The minimum Gasteiger partial charge on any atom is -0.507 e. The average molecular weight is 431 g/mol. The molecule has 0 fully saturated rings. The molecule has 0 unspecified atom stereocenters. The van der Waals surface area contributed by atoms with Crippen LogP contribution in [-0.4, -0.2) is 27.0 Å². The lowest BCUT2D eigenvalue weighted by molar-refractivity contribution is -0.113. The molecule has 0 saturated carbocycles. The molecule has 0 aliphatic rings. The number of para-hydroxylation sites is 1. The molecule has 0 spiro atoms. The van der Waals surface area contributed by atoms with Gasteiger partial charge in [-0.3, -0.25) is 4.79 Å². The molecule has 10 heteroatoms. The number of halogens is 3. The molecule has 0 aliphatic carbocycles. The smallest absolute Gasteiger partial charge is 0.277 e. The number of phenolic OH excluding ortho intramolecular Hbond substituents is 1. The molecule has 1 aromatic heterocycles. The number of nitrogens with one attached hydrogen (secondary N) is 1. The zero-order valence-corrected chi connectivity index (χ0v) is 16.0. The second-order valence-corrected chi connectivity index (χ2v) is 7.15. The Morgan fingerprint density at radius 2 is 1.85 bits per heavy atom. The number of carbonyl (C=O) groups is 1. The Labute approximate surface area is 167 Å². The van der Waals surface area contributed by atoms with Crippen LogP contribution in [0.3, 0.4) is 0 Å². The van der Waals surface area contributed by atoms with Gasteiger partial charge in [-0.2, -0.15) is 0 Å². The maximum atomic E-state index is 12.1. The summed E-state index contributed by atoms with van der Waals surface area (Å²) in [5.74, 6) is -0.173. The lowest BCUT2D eigenvalue weighted by Gasteiger charge is -2.09. The molecule has 0 saturated heterocycles. The van der Waals surface area contributed by atoms with Crippen molar-refractivity contribution < 1.29 is 14.3 Å². The van der Waals surface area contributed by atoms with Crippen LogP contribution in [0.5, 0.6) is 5.75 Å². The number of anilines is 1. The van der Waals surface area contributed by atoms with E-state index in [9.17, 15) is 9.90 Å². The Hall–Kier alpha value is -1.93. The number of amides is 1. The maximum Gasteiger partial charge on any atom is 0.277 e. The van der Waals surface area contributed by atoms with Crippen molar-refractivity contribution in [2.24, 2.45) is 0 Å². The molecule has 2 N–H and O–H groups in total. The third kappa shape index (κ3) is 4.42. The summed E-state index contributed by atoms with van der Waals surface area (Å²) in [7, 11) is 0. The van der Waals surface area contributed by atoms with Gasteiger partial charge in [0.05, 0.1) is 27.0 Å². The number of benzene rings is 2. The van der Waals surface area contributed by atoms with Crippen LogP contribution >= 0.6 is 46.6 Å². The number of hydrogen-bond acceptors (Lipinski definition) is 6. The van der Waals surface area contributed by atoms with Gasteiger partial charge in [0, 0.05) is 5.02 Å². The molecule has 0 atom stereocenters. The molecule has 2 aromatic carbocycles. The van der Waals surface area contributed by atoms with Crippen LogP contribution in [0.1, 0.15) is 0 Å². The van der Waals surface area contributed by atoms with E-state index in [0.29, 0.717) is 10.6 Å². The molecule has 1 amide bonds. The summed E-state index contributed by atoms with van der Waals surface area (Å²) >= 11 is 18.9. The van der Waals surface area contributed by atoms with Crippen LogP contribution in [0.2, 0.25) is 15.1 Å². The SMILES string of the molecule is O=C(CSc1nnc(-c2ccccc2O)o1)Nc1c(Cl)cc(Cl)cc1Cl. The van der Waals surface area contributed by atoms with Crippen molar-refractivity contribution in [2.45, 2.75) is 5.22 Å². The van der Waals surface area contributed by atoms with Crippen LogP contribution in [0, 0.1) is 0 Å². The van der Waals surface area contributed by atoms with Gasteiger partial charge in [0.2, 0.25) is 5.91 Å². The molecule has 26 heavy (non-hydrogen) atoms. The molecule has 3 aromatic rings. The van der Waals surface area contributed by atoms with Gasteiger partial charge in [-0.15, -0.1) is 10.2 Å². The zero-order valence-electron chi connectivity index (χ0n) is 12.9. The Balaban J connectivity index is 1.63. The van der Waals surface area contributed by atoms with Gasteiger partial charge in [0.15, 0.2) is 0 Å². The minimum atomic E-state index is -0.358. The quantitative estimate of drug-likeness (QED) is 0.545. The van der Waals surface area contributed by atoms with Crippen LogP contribution in [0.15, 0.2) is 46.0 Å². The fraction of sp³-hybridized carbons (Fsp3) is 0.0625. The monoisotopic (exact) mass is 429 g/mol. The van der Waals surface area contributed by atoms with E-state index in [2.05, 4.69) is 15.5 Å². The number of aromatic hydroxyl groups is 1. The van der Waals surface area contributed by atoms with E-state index in [1.807, 2.05) is 0 Å². The topological polar surface area (TPSA) is 88.2 Å². The highest BCUT2D eigenvalue weighted by Crippen LogP contribution is 2.34. The van der Waals surface area contributed by atoms with Gasteiger partial charge in [-0.1, -0.05) is 58.7 Å². The number of thioether (sulfide) groups is 1. The third-order valence-corrected chi connectivity index (χ3v) is 4.77. The predicted octanol–water partition coefficient (Wildman–Crippen LogP) is 5.13. The van der Waals surface area contributed by atoms with Gasteiger partial charge in [0.1, 0.15) is 5.75 Å². The van der Waals surface area contributed by atoms with E-state index >= 15 is 0 Å². The summed E-state index contributed by atoms with van der Waals surface area (Å²) in [6.07, 6.45) is 0. The van der Waals surface area contributed by atoms with Crippen LogP contribution in [0.4, 0.5) is 5.69 Å². The molecular formula is C16H10Cl3N3O3S. The average Bonchev–Trinajstić information content (AvgIpc) is 3.05. The number of hydrogen-bond donors (Lipinski definition) is 2. The van der Waals surface area contributed by atoms with Crippen LogP contribution in [0.25, 0.3) is 11.5 Å². The molecular weight excluding hydrogens is 421 g/mol. The number of phenols is 1. The van der Waals surface area contributed by atoms with Crippen molar-refractivity contribution in [3.05, 3.63) is 51.5 Å². The summed E-state index contributed by atoms with van der Waals surface area (Å²) in [4.78, 5) is 12.1. The Kier molecular flexibility index (Phi) is 5.93. The summed E-state index contributed by atoms with van der Waals surface area (Å²) in [6.45, 7) is 0. The first-order valence-corrected chi connectivity index (χ1v) is 9.25. The molecule has 0 aliphatic heterocycles. The molecule has 0 bridgehead atoms. The van der Waals surface area contributed by atoms with Gasteiger partial charge in [-0.05, 0) is 24.3 Å². The Bertz CT molecular complexity index is 942. The first-order chi connectivity index (χ1) is 12.4. The normalized spacial score (nSPS) is 10.7. The van der Waals surface area contributed by atoms with E-state index in [4.69, 9.17) is 39.2 Å². The number of aromatic nitrogens is 2. The molecule has 134 valence electrons. The number of nitrogens with zero attached hydrogens (tertiary/aromatic N) is 2. The molecule has 1 heterocycles. The molecule has 6 nitrogen and oxygen atoms in total. The van der Waals surface area contributed by atoms with Crippen LogP contribution in [-0.2, 0) is 4.79 Å². The van der Waals surface area contributed by atoms with Crippen molar-refractivity contribution in [3.63, 3.8) is 0 Å². The standard InChI is InChI=1S/C16H10Cl3N3O3S/c17-8-5-10(18)14(11(19)6-8)20-13(24)7-26-16-22-21-15(25-16)9-3-1-2-4-12(9)23/h1-6,23H,7H2,(H,20,24). The van der Waals surface area contributed by atoms with Crippen molar-refractivity contribution in [1.82, 2.24) is 10.2 Å². The van der Waals surface area contributed by atoms with Crippen molar-refractivity contribution >= 4 is 58.2 Å². The van der Waals surface area contributed by atoms with E-state index in [1.54, 1.807) is 18.2 Å². The van der Waals surface area contributed by atoms with Crippen molar-refractivity contribution in [1.29, 1.82) is 0 Å². The van der Waals surface area contributed by atoms with Gasteiger partial charge >= 0.3 is 0 Å². The maximum absolute atomic E-state index is 12.1. The fourth-order valence-corrected chi connectivity index (χ4v) is 3.47. The van der Waals surface area contributed by atoms with E-state index < -0.39 is 0 Å². The van der Waals surface area contributed by atoms with E-state index in [1.165, 1.54) is 18.2 Å². The number of rotatable bonds is 5. The molecule has 0 radical (unpaired) electrons.